The second-order valence-electron chi connectivity index (χ2n) is 6.74. The predicted octanol–water partition coefficient (Wildman–Crippen LogP) is 2.18. The van der Waals surface area contributed by atoms with Gasteiger partial charge >= 0.3 is 0 Å². The minimum Gasteiger partial charge on any atom is -0.370 e. The molecule has 0 bridgehead atoms. The zero-order chi connectivity index (χ0) is 20.3. The van der Waals surface area contributed by atoms with E-state index >= 15 is 0 Å². The van der Waals surface area contributed by atoms with Gasteiger partial charge in [0, 0.05) is 25.3 Å². The summed E-state index contributed by atoms with van der Waals surface area (Å²) >= 11 is 0. The standard InChI is InChI=1S/C20H26N4O3S/c1-3-23(4-2)19-10-9-16(28(21,26)27)13-17(19)22-20(25)14-24-12-11-15-7-5-6-8-18(15)24/h5-10,13H,3-4,11-12,14H2,1-2H3,(H,22,25)(H2,21,26,27). The van der Waals surface area contributed by atoms with Gasteiger partial charge in [-0.2, -0.15) is 0 Å². The summed E-state index contributed by atoms with van der Waals surface area (Å²) in [5.74, 6) is -0.198. The number of primary sulfonamides is 1. The number of carbonyl (C=O) groups is 1. The van der Waals surface area contributed by atoms with Crippen molar-refractivity contribution in [3.05, 3.63) is 48.0 Å². The number of anilines is 3. The number of rotatable bonds is 7. The fraction of sp³-hybridized carbons (Fsp3) is 0.350. The molecule has 150 valence electrons. The maximum atomic E-state index is 12.7. The highest BCUT2D eigenvalue weighted by Crippen LogP contribution is 2.30. The van der Waals surface area contributed by atoms with Crippen molar-refractivity contribution in [2.24, 2.45) is 5.14 Å². The molecule has 0 radical (unpaired) electrons. The molecule has 2 aromatic rings. The summed E-state index contributed by atoms with van der Waals surface area (Å²) < 4.78 is 23.5. The van der Waals surface area contributed by atoms with Gasteiger partial charge < -0.3 is 15.1 Å². The van der Waals surface area contributed by atoms with Crippen molar-refractivity contribution >= 4 is 33.0 Å². The molecule has 0 atom stereocenters. The average Bonchev–Trinajstić information content (AvgIpc) is 3.06. The number of hydrogen-bond donors (Lipinski definition) is 2. The molecule has 0 aliphatic carbocycles. The quantitative estimate of drug-likeness (QED) is 0.740. The first kappa shape index (κ1) is 20.2. The maximum absolute atomic E-state index is 12.7. The lowest BCUT2D eigenvalue weighted by atomic mass is 10.2. The molecule has 8 heteroatoms. The van der Waals surface area contributed by atoms with Crippen LogP contribution >= 0.6 is 0 Å². The van der Waals surface area contributed by atoms with Gasteiger partial charge in [-0.1, -0.05) is 18.2 Å². The van der Waals surface area contributed by atoms with E-state index in [-0.39, 0.29) is 17.3 Å². The van der Waals surface area contributed by atoms with Gasteiger partial charge in [0.05, 0.1) is 22.8 Å². The van der Waals surface area contributed by atoms with Crippen LogP contribution in [-0.2, 0) is 21.2 Å². The van der Waals surface area contributed by atoms with E-state index in [1.165, 1.54) is 17.7 Å². The van der Waals surface area contributed by atoms with Gasteiger partial charge in [0.15, 0.2) is 0 Å². The minimum atomic E-state index is -3.86. The van der Waals surface area contributed by atoms with E-state index in [4.69, 9.17) is 5.14 Å². The Hall–Kier alpha value is -2.58. The molecule has 3 rings (SSSR count). The van der Waals surface area contributed by atoms with Gasteiger partial charge in [0.25, 0.3) is 0 Å². The molecule has 0 saturated carbocycles. The van der Waals surface area contributed by atoms with Crippen molar-refractivity contribution in [2.45, 2.75) is 25.2 Å². The number of fused-ring (bicyclic) bond motifs is 1. The molecule has 1 heterocycles. The summed E-state index contributed by atoms with van der Waals surface area (Å²) in [6.07, 6.45) is 0.912. The number of hydrogen-bond acceptors (Lipinski definition) is 5. The monoisotopic (exact) mass is 402 g/mol. The minimum absolute atomic E-state index is 0.0229. The number of amides is 1. The van der Waals surface area contributed by atoms with Crippen LogP contribution < -0.4 is 20.3 Å². The molecular formula is C20H26N4O3S. The Kier molecular flexibility index (Phi) is 5.90. The molecule has 28 heavy (non-hydrogen) atoms. The third-order valence-corrected chi connectivity index (χ3v) is 5.90. The van der Waals surface area contributed by atoms with E-state index in [1.807, 2.05) is 41.8 Å². The number of para-hydroxylation sites is 1. The Morgan fingerprint density at radius 3 is 2.57 bits per heavy atom. The molecule has 3 N–H and O–H groups in total. The molecule has 2 aromatic carbocycles. The lowest BCUT2D eigenvalue weighted by Gasteiger charge is -2.25. The smallest absolute Gasteiger partial charge is 0.243 e. The lowest BCUT2D eigenvalue weighted by Crippen LogP contribution is -2.32. The van der Waals surface area contributed by atoms with Crippen molar-refractivity contribution in [1.29, 1.82) is 0 Å². The van der Waals surface area contributed by atoms with Gasteiger partial charge in [-0.15, -0.1) is 0 Å². The average molecular weight is 403 g/mol. The van der Waals surface area contributed by atoms with Crippen LogP contribution in [0.3, 0.4) is 0 Å². The Morgan fingerprint density at radius 1 is 1.18 bits per heavy atom. The van der Waals surface area contributed by atoms with Crippen LogP contribution in [0.25, 0.3) is 0 Å². The van der Waals surface area contributed by atoms with Crippen molar-refractivity contribution in [3.8, 4) is 0 Å². The molecule has 1 aliphatic heterocycles. The molecule has 0 saturated heterocycles. The molecule has 1 amide bonds. The molecule has 0 spiro atoms. The third-order valence-electron chi connectivity index (χ3n) is 4.99. The number of sulfonamides is 1. The summed E-state index contributed by atoms with van der Waals surface area (Å²) in [4.78, 5) is 16.8. The molecule has 0 fully saturated rings. The first-order valence-corrected chi connectivity index (χ1v) is 10.9. The zero-order valence-electron chi connectivity index (χ0n) is 16.2. The molecular weight excluding hydrogens is 376 g/mol. The lowest BCUT2D eigenvalue weighted by molar-refractivity contribution is -0.115. The highest BCUT2D eigenvalue weighted by atomic mass is 32.2. The fourth-order valence-electron chi connectivity index (χ4n) is 3.57. The van der Waals surface area contributed by atoms with Gasteiger partial charge in [0.1, 0.15) is 0 Å². The zero-order valence-corrected chi connectivity index (χ0v) is 17.0. The van der Waals surface area contributed by atoms with E-state index in [2.05, 4.69) is 11.4 Å². The SMILES string of the molecule is CCN(CC)c1ccc(S(N)(=O)=O)cc1NC(=O)CN1CCc2ccccc21. The van der Waals surface area contributed by atoms with Gasteiger partial charge in [-0.25, -0.2) is 13.6 Å². The molecule has 7 nitrogen and oxygen atoms in total. The van der Waals surface area contributed by atoms with E-state index in [9.17, 15) is 13.2 Å². The Morgan fingerprint density at radius 2 is 1.89 bits per heavy atom. The largest absolute Gasteiger partial charge is 0.370 e. The highest BCUT2D eigenvalue weighted by Gasteiger charge is 2.22. The Bertz CT molecular complexity index is 971. The molecule has 0 aromatic heterocycles. The Labute approximate surface area is 166 Å². The number of nitrogens with zero attached hydrogens (tertiary/aromatic N) is 2. The fourth-order valence-corrected chi connectivity index (χ4v) is 4.11. The second-order valence-corrected chi connectivity index (χ2v) is 8.31. The van der Waals surface area contributed by atoms with Crippen LogP contribution in [0.2, 0.25) is 0 Å². The normalized spacial score (nSPS) is 13.3. The molecule has 0 unspecified atom stereocenters. The summed E-state index contributed by atoms with van der Waals surface area (Å²) in [7, 11) is -3.86. The highest BCUT2D eigenvalue weighted by molar-refractivity contribution is 7.89. The summed E-state index contributed by atoms with van der Waals surface area (Å²) in [6.45, 7) is 6.45. The number of benzene rings is 2. The number of nitrogens with one attached hydrogen (secondary N) is 1. The first-order valence-electron chi connectivity index (χ1n) is 9.38. The van der Waals surface area contributed by atoms with Gasteiger partial charge in [0.2, 0.25) is 15.9 Å². The topological polar surface area (TPSA) is 95.7 Å². The summed E-state index contributed by atoms with van der Waals surface area (Å²) in [6, 6.07) is 12.6. The van der Waals surface area contributed by atoms with Crippen molar-refractivity contribution < 1.29 is 13.2 Å². The van der Waals surface area contributed by atoms with Crippen LogP contribution in [0, 0.1) is 0 Å². The number of carbonyl (C=O) groups excluding carboxylic acids is 1. The van der Waals surface area contributed by atoms with Crippen LogP contribution in [-0.4, -0.2) is 40.5 Å². The van der Waals surface area contributed by atoms with Crippen LogP contribution in [0.4, 0.5) is 17.1 Å². The maximum Gasteiger partial charge on any atom is 0.243 e. The van der Waals surface area contributed by atoms with E-state index in [1.54, 1.807) is 6.07 Å². The van der Waals surface area contributed by atoms with Crippen LogP contribution in [0.15, 0.2) is 47.4 Å². The number of nitrogens with two attached hydrogens (primary N) is 1. The summed E-state index contributed by atoms with van der Waals surface area (Å²) in [5.41, 5.74) is 3.52. The van der Waals surface area contributed by atoms with Crippen molar-refractivity contribution in [1.82, 2.24) is 0 Å². The second kappa shape index (κ2) is 8.20. The van der Waals surface area contributed by atoms with Crippen LogP contribution in [0.5, 0.6) is 0 Å². The predicted molar refractivity (Wildman–Crippen MR) is 112 cm³/mol. The molecule has 1 aliphatic rings. The van der Waals surface area contributed by atoms with Crippen LogP contribution in [0.1, 0.15) is 19.4 Å². The first-order chi connectivity index (χ1) is 13.3. The van der Waals surface area contributed by atoms with Crippen molar-refractivity contribution in [3.63, 3.8) is 0 Å². The third kappa shape index (κ3) is 4.28. The van der Waals surface area contributed by atoms with Gasteiger partial charge in [-0.3, -0.25) is 4.79 Å². The van der Waals surface area contributed by atoms with E-state index < -0.39 is 10.0 Å². The van der Waals surface area contributed by atoms with Gasteiger partial charge in [-0.05, 0) is 50.1 Å². The summed E-state index contributed by atoms with van der Waals surface area (Å²) in [5, 5.41) is 8.16. The van der Waals surface area contributed by atoms with E-state index in [0.717, 1.165) is 37.4 Å². The van der Waals surface area contributed by atoms with Crippen molar-refractivity contribution in [2.75, 3.05) is 41.3 Å². The Balaban J connectivity index is 1.84. The van der Waals surface area contributed by atoms with E-state index in [0.29, 0.717) is 5.69 Å².